The van der Waals surface area contributed by atoms with Gasteiger partial charge < -0.3 is 15.4 Å². The monoisotopic (exact) mass is 380 g/mol. The molecule has 4 rings (SSSR count). The summed E-state index contributed by atoms with van der Waals surface area (Å²) in [5.74, 6) is 0.126. The molecule has 28 heavy (non-hydrogen) atoms. The number of halogens is 1. The van der Waals surface area contributed by atoms with Gasteiger partial charge in [-0.2, -0.15) is 4.68 Å². The van der Waals surface area contributed by atoms with Gasteiger partial charge in [0.1, 0.15) is 17.6 Å². The number of hydrogen-bond acceptors (Lipinski definition) is 6. The van der Waals surface area contributed by atoms with E-state index in [1.807, 2.05) is 6.07 Å². The number of hydrogen-bond donors (Lipinski definition) is 2. The SMILES string of the molecule is COc1ccccc1NC(=O)C1=C(C)Nc2nnnn2[C@@H]1c1cccc(F)c1. The van der Waals surface area contributed by atoms with Crippen LogP contribution in [-0.2, 0) is 4.79 Å². The highest BCUT2D eigenvalue weighted by atomic mass is 19.1. The minimum atomic E-state index is -0.684. The fourth-order valence-corrected chi connectivity index (χ4v) is 3.23. The molecule has 0 aliphatic carbocycles. The number of anilines is 2. The second kappa shape index (κ2) is 7.10. The molecule has 0 radical (unpaired) electrons. The van der Waals surface area contributed by atoms with Crippen LogP contribution in [0.3, 0.4) is 0 Å². The van der Waals surface area contributed by atoms with E-state index in [4.69, 9.17) is 4.74 Å². The molecule has 0 fully saturated rings. The van der Waals surface area contributed by atoms with Gasteiger partial charge in [-0.05, 0) is 47.2 Å². The van der Waals surface area contributed by atoms with Crippen LogP contribution in [0.1, 0.15) is 18.5 Å². The van der Waals surface area contributed by atoms with Crippen molar-refractivity contribution in [3.8, 4) is 5.75 Å². The molecule has 8 nitrogen and oxygen atoms in total. The number of carbonyl (C=O) groups is 1. The minimum absolute atomic E-state index is 0.370. The van der Waals surface area contributed by atoms with E-state index in [1.54, 1.807) is 37.3 Å². The summed E-state index contributed by atoms with van der Waals surface area (Å²) in [6.45, 7) is 1.75. The number of benzene rings is 2. The molecule has 9 heteroatoms. The zero-order valence-corrected chi connectivity index (χ0v) is 15.2. The number of nitrogens with one attached hydrogen (secondary N) is 2. The van der Waals surface area contributed by atoms with Gasteiger partial charge in [-0.3, -0.25) is 4.79 Å². The first-order chi connectivity index (χ1) is 13.6. The molecule has 0 spiro atoms. The van der Waals surface area contributed by atoms with E-state index < -0.39 is 11.9 Å². The van der Waals surface area contributed by atoms with Gasteiger partial charge in [-0.25, -0.2) is 4.39 Å². The van der Waals surface area contributed by atoms with Crippen LogP contribution < -0.4 is 15.4 Å². The topological polar surface area (TPSA) is 94.0 Å². The molecule has 0 bridgehead atoms. The van der Waals surface area contributed by atoms with Crippen LogP contribution in [0.5, 0.6) is 5.75 Å². The average Bonchev–Trinajstić information content (AvgIpc) is 3.15. The van der Waals surface area contributed by atoms with E-state index in [0.29, 0.717) is 34.2 Å². The van der Waals surface area contributed by atoms with E-state index in [2.05, 4.69) is 26.2 Å². The van der Waals surface area contributed by atoms with Crippen LogP contribution in [0.15, 0.2) is 59.8 Å². The highest BCUT2D eigenvalue weighted by molar-refractivity contribution is 6.06. The Kier molecular flexibility index (Phi) is 4.48. The van der Waals surface area contributed by atoms with Crippen LogP contribution in [0.2, 0.25) is 0 Å². The lowest BCUT2D eigenvalue weighted by atomic mass is 9.95. The molecule has 2 heterocycles. The van der Waals surface area contributed by atoms with Crippen molar-refractivity contribution in [2.45, 2.75) is 13.0 Å². The van der Waals surface area contributed by atoms with E-state index in [9.17, 15) is 9.18 Å². The van der Waals surface area contributed by atoms with Gasteiger partial charge in [0.25, 0.3) is 5.91 Å². The maximum atomic E-state index is 13.9. The molecule has 0 saturated carbocycles. The Morgan fingerprint density at radius 3 is 2.86 bits per heavy atom. The number of allylic oxidation sites excluding steroid dienone is 1. The molecule has 2 aromatic carbocycles. The highest BCUT2D eigenvalue weighted by Gasteiger charge is 2.34. The largest absolute Gasteiger partial charge is 0.495 e. The van der Waals surface area contributed by atoms with Gasteiger partial charge in [0.05, 0.1) is 18.4 Å². The van der Waals surface area contributed by atoms with Crippen molar-refractivity contribution in [2.75, 3.05) is 17.7 Å². The van der Waals surface area contributed by atoms with Crippen molar-refractivity contribution in [1.82, 2.24) is 20.2 Å². The first-order valence-electron chi connectivity index (χ1n) is 8.54. The number of rotatable bonds is 4. The molecule has 1 aromatic heterocycles. The van der Waals surface area contributed by atoms with Crippen molar-refractivity contribution in [1.29, 1.82) is 0 Å². The maximum Gasteiger partial charge on any atom is 0.255 e. The van der Waals surface area contributed by atoms with Gasteiger partial charge in [0.2, 0.25) is 5.95 Å². The van der Waals surface area contributed by atoms with Crippen LogP contribution in [0.25, 0.3) is 0 Å². The quantitative estimate of drug-likeness (QED) is 0.723. The van der Waals surface area contributed by atoms with Crippen LogP contribution in [-0.4, -0.2) is 33.2 Å². The maximum absolute atomic E-state index is 13.9. The summed E-state index contributed by atoms with van der Waals surface area (Å²) >= 11 is 0. The predicted octanol–water partition coefficient (Wildman–Crippen LogP) is 2.75. The molecule has 0 unspecified atom stereocenters. The summed E-state index contributed by atoms with van der Waals surface area (Å²) in [6.07, 6.45) is 0. The van der Waals surface area contributed by atoms with Gasteiger partial charge in [0.15, 0.2) is 0 Å². The van der Waals surface area contributed by atoms with Crippen molar-refractivity contribution in [3.05, 3.63) is 71.2 Å². The van der Waals surface area contributed by atoms with E-state index in [1.165, 1.54) is 23.9 Å². The van der Waals surface area contributed by atoms with Crippen LogP contribution in [0, 0.1) is 5.82 Å². The smallest absolute Gasteiger partial charge is 0.255 e. The summed E-state index contributed by atoms with van der Waals surface area (Å²) in [4.78, 5) is 13.2. The summed E-state index contributed by atoms with van der Waals surface area (Å²) in [6, 6.07) is 12.4. The third-order valence-corrected chi connectivity index (χ3v) is 4.48. The normalized spacial score (nSPS) is 15.6. The van der Waals surface area contributed by atoms with Crippen molar-refractivity contribution < 1.29 is 13.9 Å². The summed E-state index contributed by atoms with van der Waals surface area (Å²) in [7, 11) is 1.53. The van der Waals surface area contributed by atoms with Gasteiger partial charge >= 0.3 is 0 Å². The van der Waals surface area contributed by atoms with E-state index in [0.717, 1.165) is 0 Å². The molecular formula is C19H17FN6O2. The van der Waals surface area contributed by atoms with Crippen molar-refractivity contribution in [3.63, 3.8) is 0 Å². The minimum Gasteiger partial charge on any atom is -0.495 e. The lowest BCUT2D eigenvalue weighted by molar-refractivity contribution is -0.113. The Morgan fingerprint density at radius 2 is 2.07 bits per heavy atom. The van der Waals surface area contributed by atoms with E-state index >= 15 is 0 Å². The fraction of sp³-hybridized carbons (Fsp3) is 0.158. The molecule has 1 amide bonds. The molecular weight excluding hydrogens is 363 g/mol. The number of tetrazole rings is 1. The number of nitrogens with zero attached hydrogens (tertiary/aromatic N) is 4. The number of fused-ring (bicyclic) bond motifs is 1. The Balaban J connectivity index is 1.77. The van der Waals surface area contributed by atoms with Crippen LogP contribution >= 0.6 is 0 Å². The van der Waals surface area contributed by atoms with Crippen LogP contribution in [0.4, 0.5) is 16.0 Å². The lowest BCUT2D eigenvalue weighted by Gasteiger charge is -2.28. The first kappa shape index (κ1) is 17.7. The molecule has 3 aromatic rings. The Morgan fingerprint density at radius 1 is 1.25 bits per heavy atom. The molecule has 2 N–H and O–H groups in total. The Bertz CT molecular complexity index is 1080. The standard InChI is InChI=1S/C19H17FN6O2/c1-11-16(18(27)22-14-8-3-4-9-15(14)28-2)17(12-6-5-7-13(20)10-12)26-19(21-11)23-24-25-26/h3-10,17H,1-2H3,(H,22,27)(H,21,23,25)/t17-/m1/s1. The third-order valence-electron chi connectivity index (χ3n) is 4.48. The van der Waals surface area contributed by atoms with Gasteiger partial charge in [-0.1, -0.05) is 29.4 Å². The lowest BCUT2D eigenvalue weighted by Crippen LogP contribution is -2.31. The zero-order chi connectivity index (χ0) is 19.7. The first-order valence-corrected chi connectivity index (χ1v) is 8.54. The summed E-state index contributed by atoms with van der Waals surface area (Å²) < 4.78 is 20.6. The average molecular weight is 380 g/mol. The zero-order valence-electron chi connectivity index (χ0n) is 15.2. The third kappa shape index (κ3) is 3.07. The number of aromatic nitrogens is 4. The number of methoxy groups -OCH3 is 1. The molecule has 1 aliphatic heterocycles. The fourth-order valence-electron chi connectivity index (χ4n) is 3.23. The summed E-state index contributed by atoms with van der Waals surface area (Å²) in [5, 5.41) is 17.5. The van der Waals surface area contributed by atoms with Gasteiger partial charge in [0, 0.05) is 5.70 Å². The molecule has 142 valence electrons. The predicted molar refractivity (Wildman–Crippen MR) is 100 cm³/mol. The number of ether oxygens (including phenoxy) is 1. The van der Waals surface area contributed by atoms with E-state index in [-0.39, 0.29) is 5.91 Å². The number of amides is 1. The van der Waals surface area contributed by atoms with Gasteiger partial charge in [-0.15, -0.1) is 0 Å². The number of carbonyl (C=O) groups excluding carboxylic acids is 1. The second-order valence-electron chi connectivity index (χ2n) is 6.22. The Hall–Kier alpha value is -3.75. The van der Waals surface area contributed by atoms with Crippen molar-refractivity contribution >= 4 is 17.5 Å². The Labute approximate surface area is 160 Å². The summed E-state index contributed by atoms with van der Waals surface area (Å²) in [5.41, 5.74) is 2.02. The highest BCUT2D eigenvalue weighted by Crippen LogP contribution is 2.35. The number of para-hydroxylation sites is 2. The second-order valence-corrected chi connectivity index (χ2v) is 6.22. The molecule has 0 saturated heterocycles. The molecule has 1 atom stereocenters. The molecule has 1 aliphatic rings. The van der Waals surface area contributed by atoms with Crippen molar-refractivity contribution in [2.24, 2.45) is 0 Å².